The molecule has 0 radical (unpaired) electrons. The lowest BCUT2D eigenvalue weighted by atomic mass is 10.2. The third-order valence-electron chi connectivity index (χ3n) is 3.90. The summed E-state index contributed by atoms with van der Waals surface area (Å²) in [6.45, 7) is 2.06. The molecule has 5 nitrogen and oxygen atoms in total. The van der Waals surface area contributed by atoms with Crippen LogP contribution in [-0.2, 0) is 9.53 Å². The first-order valence-electron chi connectivity index (χ1n) is 8.33. The first-order chi connectivity index (χ1) is 13.4. The Morgan fingerprint density at radius 3 is 2.57 bits per heavy atom. The van der Waals surface area contributed by atoms with Crippen molar-refractivity contribution < 1.29 is 19.1 Å². The van der Waals surface area contributed by atoms with Crippen LogP contribution in [-0.4, -0.2) is 29.9 Å². The second-order valence-electron chi connectivity index (χ2n) is 5.68. The van der Waals surface area contributed by atoms with Crippen LogP contribution < -0.4 is 9.64 Å². The first kappa shape index (κ1) is 20.6. The minimum Gasteiger partial charge on any atom is -0.496 e. The number of hydrogen-bond donors (Lipinski definition) is 0. The number of ether oxygens (including phenoxy) is 2. The monoisotopic (exact) mass is 477 g/mol. The summed E-state index contributed by atoms with van der Waals surface area (Å²) >= 11 is 10.1. The largest absolute Gasteiger partial charge is 0.496 e. The summed E-state index contributed by atoms with van der Waals surface area (Å²) in [5, 5.41) is 0. The van der Waals surface area contributed by atoms with E-state index in [1.54, 1.807) is 44.4 Å². The molecule has 0 saturated carbocycles. The molecule has 0 unspecified atom stereocenters. The highest BCUT2D eigenvalue weighted by Crippen LogP contribution is 2.37. The third kappa shape index (κ3) is 4.29. The summed E-state index contributed by atoms with van der Waals surface area (Å²) in [4.78, 5) is 26.6. The van der Waals surface area contributed by atoms with Crippen molar-refractivity contribution in [2.45, 2.75) is 6.92 Å². The fourth-order valence-electron chi connectivity index (χ4n) is 2.58. The van der Waals surface area contributed by atoms with E-state index < -0.39 is 5.97 Å². The van der Waals surface area contributed by atoms with Gasteiger partial charge in [-0.2, -0.15) is 0 Å². The third-order valence-corrected chi connectivity index (χ3v) is 5.83. The summed E-state index contributed by atoms with van der Waals surface area (Å²) in [6, 6.07) is 12.2. The Balaban J connectivity index is 1.83. The van der Waals surface area contributed by atoms with Crippen molar-refractivity contribution >= 4 is 67.9 Å². The van der Waals surface area contributed by atoms with Gasteiger partial charge in [-0.15, -0.1) is 0 Å². The van der Waals surface area contributed by atoms with Gasteiger partial charge >= 0.3 is 5.97 Å². The molecule has 8 heteroatoms. The normalized spacial score (nSPS) is 15.2. The Morgan fingerprint density at radius 2 is 1.96 bits per heavy atom. The number of esters is 1. The standard InChI is InChI=1S/C20H16BrNO4S2/c1-3-26-19(24)13-5-7-14(8-6-13)22-18(23)17(28-20(22)27)11-12-4-9-16(25-2)15(21)10-12/h4-11H,3H2,1-2H3/b17-11+. The molecule has 0 bridgehead atoms. The van der Waals surface area contributed by atoms with E-state index in [-0.39, 0.29) is 5.91 Å². The van der Waals surface area contributed by atoms with Crippen LogP contribution in [0.2, 0.25) is 0 Å². The van der Waals surface area contributed by atoms with Crippen molar-refractivity contribution in [3.63, 3.8) is 0 Å². The van der Waals surface area contributed by atoms with Crippen molar-refractivity contribution in [1.29, 1.82) is 0 Å². The quantitative estimate of drug-likeness (QED) is 0.341. The van der Waals surface area contributed by atoms with E-state index in [0.717, 1.165) is 10.0 Å². The molecule has 0 spiro atoms. The lowest BCUT2D eigenvalue weighted by molar-refractivity contribution is -0.113. The van der Waals surface area contributed by atoms with Crippen LogP contribution in [0.15, 0.2) is 51.8 Å². The molecule has 144 valence electrons. The molecule has 1 amide bonds. The minimum atomic E-state index is -0.399. The van der Waals surface area contributed by atoms with Crippen molar-refractivity contribution in [2.75, 3.05) is 18.6 Å². The number of thiocarbonyl (C=S) groups is 1. The van der Waals surface area contributed by atoms with Gasteiger partial charge in [0.15, 0.2) is 4.32 Å². The number of halogens is 1. The fraction of sp³-hybridized carbons (Fsp3) is 0.150. The summed E-state index contributed by atoms with van der Waals surface area (Å²) < 4.78 is 11.4. The molecule has 0 aliphatic carbocycles. The molecule has 28 heavy (non-hydrogen) atoms. The van der Waals surface area contributed by atoms with E-state index >= 15 is 0 Å². The van der Waals surface area contributed by atoms with Gasteiger partial charge in [-0.3, -0.25) is 9.69 Å². The number of hydrogen-bond acceptors (Lipinski definition) is 6. The number of benzene rings is 2. The second kappa shape index (κ2) is 8.89. The number of nitrogens with zero attached hydrogens (tertiary/aromatic N) is 1. The minimum absolute atomic E-state index is 0.203. The van der Waals surface area contributed by atoms with E-state index in [9.17, 15) is 9.59 Å². The van der Waals surface area contributed by atoms with Gasteiger partial charge in [0.05, 0.1) is 34.3 Å². The topological polar surface area (TPSA) is 55.8 Å². The predicted molar refractivity (Wildman–Crippen MR) is 119 cm³/mol. The zero-order valence-corrected chi connectivity index (χ0v) is 18.3. The van der Waals surface area contributed by atoms with E-state index in [1.165, 1.54) is 16.7 Å². The maximum Gasteiger partial charge on any atom is 0.338 e. The van der Waals surface area contributed by atoms with Gasteiger partial charge in [-0.25, -0.2) is 4.79 Å². The number of carbonyl (C=O) groups is 2. The molecular formula is C20H16BrNO4S2. The van der Waals surface area contributed by atoms with E-state index in [0.29, 0.717) is 32.8 Å². The summed E-state index contributed by atoms with van der Waals surface area (Å²) in [7, 11) is 1.60. The summed E-state index contributed by atoms with van der Waals surface area (Å²) in [5.41, 5.74) is 1.88. The molecule has 1 fully saturated rings. The van der Waals surface area contributed by atoms with Crippen LogP contribution in [0.1, 0.15) is 22.8 Å². The Kier molecular flexibility index (Phi) is 6.53. The molecule has 1 aliphatic heterocycles. The molecule has 0 N–H and O–H groups in total. The summed E-state index contributed by atoms with van der Waals surface area (Å²) in [6.07, 6.45) is 1.79. The molecule has 1 aliphatic rings. The van der Waals surface area contributed by atoms with Crippen LogP contribution in [0.3, 0.4) is 0 Å². The van der Waals surface area contributed by atoms with Gasteiger partial charge in [0.1, 0.15) is 5.75 Å². The maximum absolute atomic E-state index is 12.9. The van der Waals surface area contributed by atoms with Gasteiger partial charge in [0.25, 0.3) is 5.91 Å². The van der Waals surface area contributed by atoms with Crippen LogP contribution in [0.5, 0.6) is 5.75 Å². The number of rotatable bonds is 5. The lowest BCUT2D eigenvalue weighted by Gasteiger charge is -2.14. The SMILES string of the molecule is CCOC(=O)c1ccc(N2C(=O)/C(=C\c3ccc(OC)c(Br)c3)SC2=S)cc1. The van der Waals surface area contributed by atoms with Gasteiger partial charge in [-0.05, 0) is 70.9 Å². The Hall–Kier alpha value is -2.16. The Morgan fingerprint density at radius 1 is 1.25 bits per heavy atom. The molecule has 2 aromatic rings. The highest BCUT2D eigenvalue weighted by molar-refractivity contribution is 9.10. The van der Waals surface area contributed by atoms with Crippen molar-refractivity contribution in [3.8, 4) is 5.75 Å². The first-order valence-corrected chi connectivity index (χ1v) is 10.3. The molecular weight excluding hydrogens is 462 g/mol. The van der Waals surface area contributed by atoms with Crippen LogP contribution in [0.25, 0.3) is 6.08 Å². The van der Waals surface area contributed by atoms with Crippen molar-refractivity contribution in [1.82, 2.24) is 0 Å². The van der Waals surface area contributed by atoms with E-state index in [2.05, 4.69) is 15.9 Å². The number of carbonyl (C=O) groups excluding carboxylic acids is 2. The molecule has 1 saturated heterocycles. The highest BCUT2D eigenvalue weighted by Gasteiger charge is 2.33. The van der Waals surface area contributed by atoms with Gasteiger partial charge < -0.3 is 9.47 Å². The van der Waals surface area contributed by atoms with Crippen molar-refractivity contribution in [2.24, 2.45) is 0 Å². The van der Waals surface area contributed by atoms with Crippen LogP contribution >= 0.6 is 39.9 Å². The maximum atomic E-state index is 12.9. The Labute approximate surface area is 180 Å². The number of methoxy groups -OCH3 is 1. The summed E-state index contributed by atoms with van der Waals surface area (Å²) in [5.74, 6) is 0.113. The zero-order chi connectivity index (χ0) is 20.3. The molecule has 2 aromatic carbocycles. The fourth-order valence-corrected chi connectivity index (χ4v) is 4.43. The molecule has 1 heterocycles. The number of thioether (sulfide) groups is 1. The second-order valence-corrected chi connectivity index (χ2v) is 8.21. The molecule has 0 aromatic heterocycles. The highest BCUT2D eigenvalue weighted by atomic mass is 79.9. The van der Waals surface area contributed by atoms with E-state index in [1.807, 2.05) is 18.2 Å². The number of anilines is 1. The predicted octanol–water partition coefficient (Wildman–Crippen LogP) is 5.04. The van der Waals surface area contributed by atoms with Crippen LogP contribution in [0.4, 0.5) is 5.69 Å². The average molecular weight is 478 g/mol. The van der Waals surface area contributed by atoms with Gasteiger partial charge in [0, 0.05) is 0 Å². The van der Waals surface area contributed by atoms with Crippen LogP contribution in [0, 0.1) is 0 Å². The average Bonchev–Trinajstić information content (AvgIpc) is 2.95. The molecule has 0 atom stereocenters. The van der Waals surface area contributed by atoms with E-state index in [4.69, 9.17) is 21.7 Å². The smallest absolute Gasteiger partial charge is 0.338 e. The molecule has 3 rings (SSSR count). The lowest BCUT2D eigenvalue weighted by Crippen LogP contribution is -2.27. The number of amides is 1. The van der Waals surface area contributed by atoms with Gasteiger partial charge in [0.2, 0.25) is 0 Å². The van der Waals surface area contributed by atoms with Gasteiger partial charge in [-0.1, -0.05) is 30.0 Å². The van der Waals surface area contributed by atoms with Crippen molar-refractivity contribution in [3.05, 3.63) is 63.0 Å². The zero-order valence-electron chi connectivity index (χ0n) is 15.1. The Bertz CT molecular complexity index is 973.